The van der Waals surface area contributed by atoms with E-state index in [4.69, 9.17) is 11.0 Å². The minimum atomic E-state index is 0.109. The molecule has 0 unspecified atom stereocenters. The van der Waals surface area contributed by atoms with Gasteiger partial charge in [0.2, 0.25) is 5.91 Å². The monoisotopic (exact) mass is 243 g/mol. The van der Waals surface area contributed by atoms with Crippen molar-refractivity contribution in [3.63, 3.8) is 0 Å². The molecule has 0 aromatic heterocycles. The number of amides is 1. The molecule has 1 amide bonds. The van der Waals surface area contributed by atoms with Crippen LogP contribution in [0.25, 0.3) is 0 Å². The molecular formula is C14H17N3O. The van der Waals surface area contributed by atoms with Crippen molar-refractivity contribution in [3.05, 3.63) is 29.8 Å². The Morgan fingerprint density at radius 2 is 2.06 bits per heavy atom. The Morgan fingerprint density at radius 3 is 2.61 bits per heavy atom. The highest BCUT2D eigenvalue weighted by atomic mass is 16.2. The van der Waals surface area contributed by atoms with Gasteiger partial charge in [0.15, 0.2) is 0 Å². The predicted octanol–water partition coefficient (Wildman–Crippen LogP) is 1.72. The molecule has 0 aliphatic heterocycles. The third-order valence-corrected chi connectivity index (χ3v) is 3.11. The van der Waals surface area contributed by atoms with E-state index in [1.165, 1.54) is 0 Å². The van der Waals surface area contributed by atoms with Crippen molar-refractivity contribution in [2.45, 2.75) is 31.7 Å². The molecule has 0 radical (unpaired) electrons. The van der Waals surface area contributed by atoms with Gasteiger partial charge in [0, 0.05) is 18.3 Å². The molecule has 0 atom stereocenters. The summed E-state index contributed by atoms with van der Waals surface area (Å²) in [7, 11) is 0. The average molecular weight is 243 g/mol. The largest absolute Gasteiger partial charge is 0.399 e. The molecule has 0 heterocycles. The Kier molecular flexibility index (Phi) is 3.83. The Labute approximate surface area is 107 Å². The van der Waals surface area contributed by atoms with Gasteiger partial charge in [-0.25, -0.2) is 0 Å². The predicted molar refractivity (Wildman–Crippen MR) is 69.5 cm³/mol. The SMILES string of the molecule is N#CCCN(C(=O)Cc1ccc(N)cc1)C1CC1. The number of carbonyl (C=O) groups excluding carboxylic acids is 1. The van der Waals surface area contributed by atoms with Gasteiger partial charge >= 0.3 is 0 Å². The standard InChI is InChI=1S/C14H17N3O/c15-8-1-9-17(13-6-7-13)14(18)10-11-2-4-12(16)5-3-11/h2-5,13H,1,6-7,9-10,16H2. The highest BCUT2D eigenvalue weighted by molar-refractivity contribution is 5.79. The van der Waals surface area contributed by atoms with E-state index in [1.54, 1.807) is 12.1 Å². The third-order valence-electron chi connectivity index (χ3n) is 3.11. The molecule has 2 N–H and O–H groups in total. The zero-order valence-corrected chi connectivity index (χ0v) is 10.3. The molecule has 1 fully saturated rings. The highest BCUT2D eigenvalue weighted by Crippen LogP contribution is 2.27. The minimum Gasteiger partial charge on any atom is -0.399 e. The zero-order valence-electron chi connectivity index (χ0n) is 10.3. The van der Waals surface area contributed by atoms with Crippen molar-refractivity contribution >= 4 is 11.6 Å². The number of nitrogen functional groups attached to an aromatic ring is 1. The van der Waals surface area contributed by atoms with E-state index in [0.29, 0.717) is 31.1 Å². The van der Waals surface area contributed by atoms with Crippen LogP contribution >= 0.6 is 0 Å². The van der Waals surface area contributed by atoms with Gasteiger partial charge in [0.25, 0.3) is 0 Å². The lowest BCUT2D eigenvalue weighted by molar-refractivity contribution is -0.131. The van der Waals surface area contributed by atoms with Crippen LogP contribution in [0.5, 0.6) is 0 Å². The smallest absolute Gasteiger partial charge is 0.227 e. The number of hydrogen-bond donors (Lipinski definition) is 1. The van der Waals surface area contributed by atoms with Crippen LogP contribution in [0.3, 0.4) is 0 Å². The summed E-state index contributed by atoms with van der Waals surface area (Å²) in [6.45, 7) is 0.551. The molecule has 1 saturated carbocycles. The first-order chi connectivity index (χ1) is 8.70. The van der Waals surface area contributed by atoms with E-state index in [-0.39, 0.29) is 5.91 Å². The van der Waals surface area contributed by atoms with E-state index >= 15 is 0 Å². The van der Waals surface area contributed by atoms with Crippen molar-refractivity contribution in [1.82, 2.24) is 4.90 Å². The van der Waals surface area contributed by atoms with E-state index < -0.39 is 0 Å². The number of nitriles is 1. The maximum Gasteiger partial charge on any atom is 0.227 e. The third kappa shape index (κ3) is 3.24. The summed E-state index contributed by atoms with van der Waals surface area (Å²) in [6.07, 6.45) is 2.93. The van der Waals surface area contributed by atoms with Gasteiger partial charge in [-0.15, -0.1) is 0 Å². The van der Waals surface area contributed by atoms with Crippen LogP contribution in [0, 0.1) is 11.3 Å². The van der Waals surface area contributed by atoms with Crippen LogP contribution in [0.2, 0.25) is 0 Å². The lowest BCUT2D eigenvalue weighted by Gasteiger charge is -2.21. The van der Waals surface area contributed by atoms with Crippen LogP contribution in [-0.4, -0.2) is 23.4 Å². The van der Waals surface area contributed by atoms with Gasteiger partial charge in [-0.1, -0.05) is 12.1 Å². The molecule has 1 aliphatic rings. The Hall–Kier alpha value is -2.02. The van der Waals surface area contributed by atoms with Crippen LogP contribution in [0.1, 0.15) is 24.8 Å². The van der Waals surface area contributed by atoms with Crippen molar-refractivity contribution in [1.29, 1.82) is 5.26 Å². The van der Waals surface area contributed by atoms with E-state index in [0.717, 1.165) is 18.4 Å². The Morgan fingerprint density at radius 1 is 1.39 bits per heavy atom. The molecule has 4 heteroatoms. The molecule has 0 saturated heterocycles. The van der Waals surface area contributed by atoms with Crippen LogP contribution in [-0.2, 0) is 11.2 Å². The van der Waals surface area contributed by atoms with E-state index in [1.807, 2.05) is 17.0 Å². The topological polar surface area (TPSA) is 70.1 Å². The van der Waals surface area contributed by atoms with E-state index in [9.17, 15) is 4.79 Å². The summed E-state index contributed by atoms with van der Waals surface area (Å²) in [5, 5.41) is 8.62. The molecule has 1 aromatic carbocycles. The fourth-order valence-corrected chi connectivity index (χ4v) is 1.98. The molecule has 2 rings (SSSR count). The van der Waals surface area contributed by atoms with Gasteiger partial charge in [0.05, 0.1) is 18.9 Å². The Bertz CT molecular complexity index is 457. The van der Waals surface area contributed by atoms with Gasteiger partial charge < -0.3 is 10.6 Å². The highest BCUT2D eigenvalue weighted by Gasteiger charge is 2.31. The summed E-state index contributed by atoms with van der Waals surface area (Å²) in [5.41, 5.74) is 7.28. The van der Waals surface area contributed by atoms with Crippen molar-refractivity contribution in [2.75, 3.05) is 12.3 Å². The first kappa shape index (κ1) is 12.4. The Balaban J connectivity index is 1.96. The number of rotatable bonds is 5. The summed E-state index contributed by atoms with van der Waals surface area (Å²) in [5.74, 6) is 0.109. The number of benzene rings is 1. The fraction of sp³-hybridized carbons (Fsp3) is 0.429. The number of nitrogens with zero attached hydrogens (tertiary/aromatic N) is 2. The molecular weight excluding hydrogens is 226 g/mol. The molecule has 18 heavy (non-hydrogen) atoms. The second-order valence-electron chi connectivity index (χ2n) is 4.64. The fourth-order valence-electron chi connectivity index (χ4n) is 1.98. The van der Waals surface area contributed by atoms with Gasteiger partial charge in [-0.2, -0.15) is 5.26 Å². The van der Waals surface area contributed by atoms with Crippen LogP contribution in [0.15, 0.2) is 24.3 Å². The molecule has 4 nitrogen and oxygen atoms in total. The normalized spacial score (nSPS) is 13.9. The maximum atomic E-state index is 12.2. The molecule has 1 aromatic rings. The molecule has 0 bridgehead atoms. The molecule has 0 spiro atoms. The first-order valence-electron chi connectivity index (χ1n) is 6.21. The maximum absolute atomic E-state index is 12.2. The summed E-state index contributed by atoms with van der Waals surface area (Å²) in [4.78, 5) is 14.0. The average Bonchev–Trinajstić information content (AvgIpc) is 3.17. The summed E-state index contributed by atoms with van der Waals surface area (Å²) in [6, 6.07) is 9.82. The van der Waals surface area contributed by atoms with Gasteiger partial charge in [-0.3, -0.25) is 4.79 Å². The number of carbonyl (C=O) groups is 1. The number of anilines is 1. The number of hydrogen-bond acceptors (Lipinski definition) is 3. The van der Waals surface area contributed by atoms with Gasteiger partial charge in [0.1, 0.15) is 0 Å². The van der Waals surface area contributed by atoms with Gasteiger partial charge in [-0.05, 0) is 30.5 Å². The minimum absolute atomic E-state index is 0.109. The lowest BCUT2D eigenvalue weighted by atomic mass is 10.1. The molecule has 94 valence electrons. The van der Waals surface area contributed by atoms with Crippen LogP contribution in [0.4, 0.5) is 5.69 Å². The van der Waals surface area contributed by atoms with Crippen molar-refractivity contribution in [3.8, 4) is 6.07 Å². The van der Waals surface area contributed by atoms with Crippen LogP contribution < -0.4 is 5.73 Å². The van der Waals surface area contributed by atoms with E-state index in [2.05, 4.69) is 6.07 Å². The summed E-state index contributed by atoms with van der Waals surface area (Å²) < 4.78 is 0. The lowest BCUT2D eigenvalue weighted by Crippen LogP contribution is -2.35. The quantitative estimate of drug-likeness (QED) is 0.800. The van der Waals surface area contributed by atoms with Crippen molar-refractivity contribution < 1.29 is 4.79 Å². The summed E-state index contributed by atoms with van der Waals surface area (Å²) >= 11 is 0. The second kappa shape index (κ2) is 5.54. The number of nitrogens with two attached hydrogens (primary N) is 1. The van der Waals surface area contributed by atoms with Crippen molar-refractivity contribution in [2.24, 2.45) is 0 Å². The second-order valence-corrected chi connectivity index (χ2v) is 4.64. The zero-order chi connectivity index (χ0) is 13.0. The first-order valence-corrected chi connectivity index (χ1v) is 6.21. The molecule has 1 aliphatic carbocycles.